The lowest BCUT2D eigenvalue weighted by molar-refractivity contribution is 0.0599. The molecule has 2 rings (SSSR count). The van der Waals surface area contributed by atoms with Gasteiger partial charge in [-0.15, -0.1) is 0 Å². The maximum atomic E-state index is 12.1. The highest BCUT2D eigenvalue weighted by Gasteiger charge is 2.13. The molecule has 0 aliphatic rings. The van der Waals surface area contributed by atoms with Crippen LogP contribution in [0.1, 0.15) is 27.6 Å². The van der Waals surface area contributed by atoms with Crippen molar-refractivity contribution in [2.75, 3.05) is 7.11 Å². The molecule has 1 N–H and O–H groups in total. The first-order chi connectivity index (χ1) is 8.54. The first-order valence-corrected chi connectivity index (χ1v) is 5.29. The Kier molecular flexibility index (Phi) is 2.97. The van der Waals surface area contributed by atoms with E-state index in [9.17, 15) is 14.4 Å². The Balaban J connectivity index is 2.75. The van der Waals surface area contributed by atoms with Gasteiger partial charge in [0.05, 0.1) is 7.11 Å². The van der Waals surface area contributed by atoms with Gasteiger partial charge in [-0.25, -0.2) is 4.79 Å². The molecule has 1 aromatic carbocycles. The molecular formula is C13H11NO4. The lowest BCUT2D eigenvalue weighted by Gasteiger charge is -2.03. The second-order valence-electron chi connectivity index (χ2n) is 3.84. The summed E-state index contributed by atoms with van der Waals surface area (Å²) < 4.78 is 4.52. The van der Waals surface area contributed by atoms with Gasteiger partial charge in [-0.3, -0.25) is 9.59 Å². The highest BCUT2D eigenvalue weighted by Crippen LogP contribution is 2.12. The molecule has 1 aromatic heterocycles. The van der Waals surface area contributed by atoms with Crippen LogP contribution >= 0.6 is 0 Å². The van der Waals surface area contributed by atoms with Crippen molar-refractivity contribution in [3.8, 4) is 0 Å². The second kappa shape index (κ2) is 4.44. The summed E-state index contributed by atoms with van der Waals surface area (Å²) in [7, 11) is 1.21. The number of hydrogen-bond acceptors (Lipinski definition) is 4. The van der Waals surface area contributed by atoms with Crippen molar-refractivity contribution >= 4 is 22.7 Å². The molecule has 5 nitrogen and oxygen atoms in total. The highest BCUT2D eigenvalue weighted by atomic mass is 16.5. The number of aromatic amines is 1. The first kappa shape index (κ1) is 12.0. The first-order valence-electron chi connectivity index (χ1n) is 5.29. The summed E-state index contributed by atoms with van der Waals surface area (Å²) in [5, 5.41) is 0.297. The van der Waals surface area contributed by atoms with Gasteiger partial charge in [-0.05, 0) is 25.1 Å². The fourth-order valence-electron chi connectivity index (χ4n) is 1.70. The van der Waals surface area contributed by atoms with E-state index in [1.807, 2.05) is 0 Å². The van der Waals surface area contributed by atoms with Crippen LogP contribution in [0.5, 0.6) is 0 Å². The Labute approximate surface area is 102 Å². The predicted octanol–water partition coefficient (Wildman–Crippen LogP) is 1.52. The van der Waals surface area contributed by atoms with Crippen molar-refractivity contribution in [1.82, 2.24) is 4.98 Å². The van der Waals surface area contributed by atoms with E-state index in [2.05, 4.69) is 9.72 Å². The molecule has 0 saturated heterocycles. The smallest absolute Gasteiger partial charge is 0.343 e. The van der Waals surface area contributed by atoms with Gasteiger partial charge in [0, 0.05) is 22.7 Å². The Morgan fingerprint density at radius 1 is 1.28 bits per heavy atom. The average molecular weight is 245 g/mol. The molecule has 18 heavy (non-hydrogen) atoms. The standard InChI is InChI=1S/C13H11NO4/c1-7(15)8-3-4-11-9(5-8)12(16)10(6-14-11)13(17)18-2/h3-6H,1-2H3,(H,14,16). The lowest BCUT2D eigenvalue weighted by atomic mass is 10.1. The summed E-state index contributed by atoms with van der Waals surface area (Å²) in [6, 6.07) is 4.73. The number of H-pyrrole nitrogens is 1. The van der Waals surface area contributed by atoms with E-state index < -0.39 is 11.4 Å². The van der Waals surface area contributed by atoms with E-state index in [-0.39, 0.29) is 11.3 Å². The third-order valence-corrected chi connectivity index (χ3v) is 2.69. The highest BCUT2D eigenvalue weighted by molar-refractivity contribution is 5.99. The predicted molar refractivity (Wildman–Crippen MR) is 65.9 cm³/mol. The zero-order chi connectivity index (χ0) is 13.3. The molecule has 0 aliphatic carbocycles. The topological polar surface area (TPSA) is 76.2 Å². The van der Waals surface area contributed by atoms with Crippen LogP contribution in [-0.4, -0.2) is 23.8 Å². The zero-order valence-corrected chi connectivity index (χ0v) is 9.94. The van der Waals surface area contributed by atoms with Crippen LogP contribution in [0.3, 0.4) is 0 Å². The summed E-state index contributed by atoms with van der Waals surface area (Å²) in [5.41, 5.74) is 0.470. The molecule has 0 amide bonds. The summed E-state index contributed by atoms with van der Waals surface area (Å²) >= 11 is 0. The van der Waals surface area contributed by atoms with Crippen molar-refractivity contribution in [2.24, 2.45) is 0 Å². The van der Waals surface area contributed by atoms with Crippen molar-refractivity contribution in [3.05, 3.63) is 45.7 Å². The van der Waals surface area contributed by atoms with Crippen LogP contribution in [0, 0.1) is 0 Å². The van der Waals surface area contributed by atoms with Crippen LogP contribution in [0.15, 0.2) is 29.2 Å². The van der Waals surface area contributed by atoms with Crippen LogP contribution in [0.2, 0.25) is 0 Å². The number of esters is 1. The second-order valence-corrected chi connectivity index (χ2v) is 3.84. The van der Waals surface area contributed by atoms with Gasteiger partial charge in [-0.1, -0.05) is 0 Å². The Hall–Kier alpha value is -2.43. The molecule has 0 radical (unpaired) electrons. The number of Topliss-reactive ketones (excluding diaryl/α,β-unsaturated/α-hetero) is 1. The van der Waals surface area contributed by atoms with Crippen LogP contribution in [0.25, 0.3) is 10.9 Å². The van der Waals surface area contributed by atoms with Crippen molar-refractivity contribution in [2.45, 2.75) is 6.92 Å². The van der Waals surface area contributed by atoms with Gasteiger partial charge in [0.25, 0.3) is 0 Å². The summed E-state index contributed by atoms with van der Waals surface area (Å²) in [6.07, 6.45) is 1.31. The molecule has 0 unspecified atom stereocenters. The Bertz CT molecular complexity index is 700. The summed E-state index contributed by atoms with van der Waals surface area (Å²) in [5.74, 6) is -0.842. The number of hydrogen-bond donors (Lipinski definition) is 1. The molecule has 0 spiro atoms. The van der Waals surface area contributed by atoms with E-state index in [1.54, 1.807) is 12.1 Å². The Morgan fingerprint density at radius 2 is 2.00 bits per heavy atom. The van der Waals surface area contributed by atoms with Gasteiger partial charge < -0.3 is 9.72 Å². The van der Waals surface area contributed by atoms with Gasteiger partial charge in [0.1, 0.15) is 5.56 Å². The molecule has 1 heterocycles. The molecule has 0 atom stereocenters. The fraction of sp³-hybridized carbons (Fsp3) is 0.154. The minimum atomic E-state index is -0.702. The number of aromatic nitrogens is 1. The molecular weight excluding hydrogens is 234 g/mol. The number of fused-ring (bicyclic) bond motifs is 1. The number of rotatable bonds is 2. The quantitative estimate of drug-likeness (QED) is 0.642. The normalized spacial score (nSPS) is 10.3. The zero-order valence-electron chi connectivity index (χ0n) is 9.94. The third-order valence-electron chi connectivity index (χ3n) is 2.69. The number of carbonyl (C=O) groups excluding carboxylic acids is 2. The molecule has 92 valence electrons. The number of nitrogens with one attached hydrogen (secondary N) is 1. The molecule has 0 fully saturated rings. The number of ketones is 1. The number of methoxy groups -OCH3 is 1. The van der Waals surface area contributed by atoms with Gasteiger partial charge in [0.2, 0.25) is 5.43 Å². The number of carbonyl (C=O) groups is 2. The van der Waals surface area contributed by atoms with Gasteiger partial charge in [-0.2, -0.15) is 0 Å². The number of ether oxygens (including phenoxy) is 1. The van der Waals surface area contributed by atoms with E-state index >= 15 is 0 Å². The van der Waals surface area contributed by atoms with E-state index in [1.165, 1.54) is 26.3 Å². The largest absolute Gasteiger partial charge is 0.465 e. The fourth-order valence-corrected chi connectivity index (χ4v) is 1.70. The molecule has 5 heteroatoms. The van der Waals surface area contributed by atoms with Crippen LogP contribution in [-0.2, 0) is 4.74 Å². The molecule has 0 aliphatic heterocycles. The van der Waals surface area contributed by atoms with Crippen molar-refractivity contribution in [1.29, 1.82) is 0 Å². The molecule has 0 bridgehead atoms. The van der Waals surface area contributed by atoms with E-state index in [0.717, 1.165) is 0 Å². The van der Waals surface area contributed by atoms with Crippen molar-refractivity contribution in [3.63, 3.8) is 0 Å². The maximum absolute atomic E-state index is 12.1. The van der Waals surface area contributed by atoms with Crippen LogP contribution in [0.4, 0.5) is 0 Å². The Morgan fingerprint density at radius 3 is 2.61 bits per heavy atom. The third kappa shape index (κ3) is 1.90. The molecule has 0 saturated carbocycles. The number of pyridine rings is 1. The maximum Gasteiger partial charge on any atom is 0.343 e. The van der Waals surface area contributed by atoms with Crippen molar-refractivity contribution < 1.29 is 14.3 Å². The molecule has 2 aromatic rings. The van der Waals surface area contributed by atoms with E-state index in [4.69, 9.17) is 0 Å². The minimum Gasteiger partial charge on any atom is -0.465 e. The van der Waals surface area contributed by atoms with Gasteiger partial charge in [0.15, 0.2) is 5.78 Å². The number of benzene rings is 1. The monoisotopic (exact) mass is 245 g/mol. The SMILES string of the molecule is COC(=O)c1c[nH]c2ccc(C(C)=O)cc2c1=O. The van der Waals surface area contributed by atoms with Gasteiger partial charge >= 0.3 is 5.97 Å². The summed E-state index contributed by atoms with van der Waals surface area (Å²) in [4.78, 5) is 37.6. The average Bonchev–Trinajstić information content (AvgIpc) is 2.38. The lowest BCUT2D eigenvalue weighted by Crippen LogP contribution is -2.17. The van der Waals surface area contributed by atoms with Crippen LogP contribution < -0.4 is 5.43 Å². The summed E-state index contributed by atoms with van der Waals surface area (Å²) in [6.45, 7) is 1.42. The minimum absolute atomic E-state index is 0.0781. The van der Waals surface area contributed by atoms with E-state index in [0.29, 0.717) is 16.5 Å².